The van der Waals surface area contributed by atoms with Crippen LogP contribution in [0.1, 0.15) is 32.6 Å². The van der Waals surface area contributed by atoms with Crippen LogP contribution in [0.5, 0.6) is 0 Å². The number of nitrogens with two attached hydrogens (primary N) is 1. The Bertz CT molecular complexity index is 463. The van der Waals surface area contributed by atoms with Crippen molar-refractivity contribution in [3.63, 3.8) is 0 Å². The van der Waals surface area contributed by atoms with E-state index in [2.05, 4.69) is 32.0 Å². The summed E-state index contributed by atoms with van der Waals surface area (Å²) in [6.45, 7) is 7.44. The molecule has 21 heavy (non-hydrogen) atoms. The summed E-state index contributed by atoms with van der Waals surface area (Å²) in [5.41, 5.74) is 7.02. The highest BCUT2D eigenvalue weighted by Gasteiger charge is 2.22. The number of rotatable bonds is 4. The van der Waals surface area contributed by atoms with E-state index in [0.29, 0.717) is 11.7 Å². The number of hydrogen-bond donors (Lipinski definition) is 2. The molecule has 3 N–H and O–H groups in total. The van der Waals surface area contributed by atoms with Crippen LogP contribution >= 0.6 is 0 Å². The minimum Gasteiger partial charge on any atom is -0.393 e. The number of nitrogens with one attached hydrogen (secondary N) is 1. The Balaban J connectivity index is 1.70. The average molecular weight is 290 g/mol. The van der Waals surface area contributed by atoms with E-state index in [4.69, 9.17) is 5.73 Å². The fourth-order valence-electron chi connectivity index (χ4n) is 3.29. The molecule has 1 aromatic rings. The van der Waals surface area contributed by atoms with Gasteiger partial charge >= 0.3 is 0 Å². The lowest BCUT2D eigenvalue weighted by atomic mass is 10.2. The van der Waals surface area contributed by atoms with Crippen LogP contribution in [0.3, 0.4) is 0 Å². The summed E-state index contributed by atoms with van der Waals surface area (Å²) in [4.78, 5) is 13.5. The molecular weight excluding hydrogens is 264 g/mol. The van der Waals surface area contributed by atoms with E-state index >= 15 is 0 Å². The highest BCUT2D eigenvalue weighted by atomic mass is 15.3. The molecule has 3 rings (SSSR count). The first-order valence-electron chi connectivity index (χ1n) is 8.12. The first-order valence-corrected chi connectivity index (χ1v) is 8.12. The molecule has 6 heteroatoms. The van der Waals surface area contributed by atoms with Crippen molar-refractivity contribution in [3.05, 3.63) is 6.33 Å². The maximum atomic E-state index is 6.32. The molecule has 1 saturated heterocycles. The van der Waals surface area contributed by atoms with Crippen LogP contribution in [-0.2, 0) is 0 Å². The van der Waals surface area contributed by atoms with Crippen molar-refractivity contribution in [1.29, 1.82) is 0 Å². The molecule has 0 amide bonds. The van der Waals surface area contributed by atoms with Gasteiger partial charge in [0.15, 0.2) is 11.6 Å². The van der Waals surface area contributed by atoms with Crippen molar-refractivity contribution >= 4 is 17.3 Å². The summed E-state index contributed by atoms with van der Waals surface area (Å²) in [5.74, 6) is 1.70. The fourth-order valence-corrected chi connectivity index (χ4v) is 3.29. The van der Waals surface area contributed by atoms with Gasteiger partial charge in [0.1, 0.15) is 12.0 Å². The number of aromatic nitrogens is 2. The number of likely N-dealkylation sites (N-methyl/N-ethyl adjacent to an activating group) is 1. The van der Waals surface area contributed by atoms with Gasteiger partial charge in [0.05, 0.1) is 0 Å². The van der Waals surface area contributed by atoms with E-state index in [1.54, 1.807) is 6.33 Å². The monoisotopic (exact) mass is 290 g/mol. The second-order valence-electron chi connectivity index (χ2n) is 6.01. The van der Waals surface area contributed by atoms with E-state index < -0.39 is 0 Å². The lowest BCUT2D eigenvalue weighted by Gasteiger charge is -2.35. The number of nitrogens with zero attached hydrogens (tertiary/aromatic N) is 4. The van der Waals surface area contributed by atoms with Gasteiger partial charge in [-0.05, 0) is 19.4 Å². The van der Waals surface area contributed by atoms with Crippen LogP contribution in [0.25, 0.3) is 0 Å². The van der Waals surface area contributed by atoms with Crippen LogP contribution in [0.2, 0.25) is 0 Å². The molecule has 6 nitrogen and oxygen atoms in total. The lowest BCUT2D eigenvalue weighted by molar-refractivity contribution is 0.270. The molecule has 1 aliphatic carbocycles. The minimum absolute atomic E-state index is 0.520. The van der Waals surface area contributed by atoms with E-state index in [9.17, 15) is 0 Å². The average Bonchev–Trinajstić information content (AvgIpc) is 3.03. The largest absolute Gasteiger partial charge is 0.393 e. The van der Waals surface area contributed by atoms with Crippen LogP contribution in [0.4, 0.5) is 17.3 Å². The summed E-state index contributed by atoms with van der Waals surface area (Å²) in [7, 11) is 0. The van der Waals surface area contributed by atoms with Crippen molar-refractivity contribution in [2.75, 3.05) is 48.7 Å². The molecule has 0 unspecified atom stereocenters. The summed E-state index contributed by atoms with van der Waals surface area (Å²) in [6, 6.07) is 0.520. The SMILES string of the molecule is CCN1CCN(c2ncnc(NC3CCCC3)c2N)CC1. The predicted octanol–water partition coefficient (Wildman–Crippen LogP) is 1.56. The first-order chi connectivity index (χ1) is 10.3. The van der Waals surface area contributed by atoms with Crippen molar-refractivity contribution in [3.8, 4) is 0 Å². The Morgan fingerprint density at radius 2 is 1.90 bits per heavy atom. The molecule has 2 heterocycles. The van der Waals surface area contributed by atoms with Crippen molar-refractivity contribution < 1.29 is 0 Å². The van der Waals surface area contributed by atoms with Gasteiger partial charge in [-0.25, -0.2) is 9.97 Å². The molecule has 0 bridgehead atoms. The van der Waals surface area contributed by atoms with E-state index in [0.717, 1.165) is 44.4 Å². The van der Waals surface area contributed by atoms with Crippen LogP contribution in [0.15, 0.2) is 6.33 Å². The number of piperazine rings is 1. The molecular formula is C15H26N6. The van der Waals surface area contributed by atoms with Gasteiger partial charge in [0.25, 0.3) is 0 Å². The normalized spacial score (nSPS) is 20.9. The summed E-state index contributed by atoms with van der Waals surface area (Å²) >= 11 is 0. The number of hydrogen-bond acceptors (Lipinski definition) is 6. The van der Waals surface area contributed by atoms with Gasteiger partial charge in [-0.15, -0.1) is 0 Å². The summed E-state index contributed by atoms with van der Waals surface area (Å²) in [5, 5.41) is 3.50. The van der Waals surface area contributed by atoms with Crippen molar-refractivity contribution in [1.82, 2.24) is 14.9 Å². The van der Waals surface area contributed by atoms with Crippen LogP contribution < -0.4 is 16.0 Å². The maximum absolute atomic E-state index is 6.32. The maximum Gasteiger partial charge on any atom is 0.157 e. The molecule has 2 aliphatic rings. The van der Waals surface area contributed by atoms with Gasteiger partial charge in [0.2, 0.25) is 0 Å². The number of anilines is 3. The van der Waals surface area contributed by atoms with Gasteiger partial charge < -0.3 is 20.9 Å². The van der Waals surface area contributed by atoms with Gasteiger partial charge in [-0.3, -0.25) is 0 Å². The van der Waals surface area contributed by atoms with E-state index in [1.165, 1.54) is 25.7 Å². The Morgan fingerprint density at radius 3 is 2.57 bits per heavy atom. The zero-order chi connectivity index (χ0) is 14.7. The highest BCUT2D eigenvalue weighted by molar-refractivity contribution is 5.75. The predicted molar refractivity (Wildman–Crippen MR) is 86.7 cm³/mol. The zero-order valence-corrected chi connectivity index (χ0v) is 12.9. The fraction of sp³-hybridized carbons (Fsp3) is 0.733. The smallest absolute Gasteiger partial charge is 0.157 e. The Hall–Kier alpha value is -1.56. The molecule has 0 spiro atoms. The molecule has 2 fully saturated rings. The third-order valence-electron chi connectivity index (χ3n) is 4.68. The highest BCUT2D eigenvalue weighted by Crippen LogP contribution is 2.29. The molecule has 1 aromatic heterocycles. The van der Waals surface area contributed by atoms with Crippen molar-refractivity contribution in [2.45, 2.75) is 38.6 Å². The summed E-state index contributed by atoms with van der Waals surface area (Å²) in [6.07, 6.45) is 6.67. The molecule has 0 atom stereocenters. The van der Waals surface area contributed by atoms with Gasteiger partial charge in [0, 0.05) is 32.2 Å². The Labute approximate surface area is 126 Å². The Morgan fingerprint density at radius 1 is 1.19 bits per heavy atom. The molecule has 116 valence electrons. The first kappa shape index (κ1) is 14.4. The quantitative estimate of drug-likeness (QED) is 0.877. The standard InChI is InChI=1S/C15H26N6/c1-2-20-7-9-21(10-8-20)15-13(16)14(17-11-18-15)19-12-5-3-4-6-12/h11-12H,2-10,16H2,1H3,(H,17,18,19). The summed E-state index contributed by atoms with van der Waals surface area (Å²) < 4.78 is 0. The van der Waals surface area contributed by atoms with E-state index in [-0.39, 0.29) is 0 Å². The second kappa shape index (κ2) is 6.47. The third kappa shape index (κ3) is 3.20. The topological polar surface area (TPSA) is 70.3 Å². The second-order valence-corrected chi connectivity index (χ2v) is 6.01. The molecule has 1 saturated carbocycles. The Kier molecular flexibility index (Phi) is 4.43. The molecule has 0 aromatic carbocycles. The van der Waals surface area contributed by atoms with Crippen LogP contribution in [0, 0.1) is 0 Å². The van der Waals surface area contributed by atoms with E-state index in [1.807, 2.05) is 0 Å². The zero-order valence-electron chi connectivity index (χ0n) is 12.9. The molecule has 1 aliphatic heterocycles. The van der Waals surface area contributed by atoms with Gasteiger partial charge in [-0.1, -0.05) is 19.8 Å². The number of nitrogen functional groups attached to an aromatic ring is 1. The van der Waals surface area contributed by atoms with Crippen molar-refractivity contribution in [2.24, 2.45) is 0 Å². The van der Waals surface area contributed by atoms with Gasteiger partial charge in [-0.2, -0.15) is 0 Å². The minimum atomic E-state index is 0.520. The van der Waals surface area contributed by atoms with Crippen LogP contribution in [-0.4, -0.2) is 53.6 Å². The third-order valence-corrected chi connectivity index (χ3v) is 4.68. The lowest BCUT2D eigenvalue weighted by Crippen LogP contribution is -2.46. The molecule has 0 radical (unpaired) electrons.